The Kier molecular flexibility index (Phi) is 3.84. The summed E-state index contributed by atoms with van der Waals surface area (Å²) in [6.07, 6.45) is 3.39. The van der Waals surface area contributed by atoms with Gasteiger partial charge in [0.15, 0.2) is 0 Å². The molecule has 0 aliphatic rings. The Labute approximate surface area is 134 Å². The molecule has 1 atom stereocenters. The number of nitrogens with two attached hydrogens (primary N) is 1. The molecule has 4 nitrogen and oxygen atoms in total. The fourth-order valence-electron chi connectivity index (χ4n) is 2.03. The van der Waals surface area contributed by atoms with E-state index in [1.807, 2.05) is 25.1 Å². The minimum atomic E-state index is -0.175. The molecule has 0 radical (unpaired) electrons. The summed E-state index contributed by atoms with van der Waals surface area (Å²) in [4.78, 5) is 18.0. The summed E-state index contributed by atoms with van der Waals surface area (Å²) in [7, 11) is 0. The average molecular weight is 338 g/mol. The van der Waals surface area contributed by atoms with E-state index in [0.717, 1.165) is 15.0 Å². The molecule has 0 fully saturated rings. The summed E-state index contributed by atoms with van der Waals surface area (Å²) in [5.41, 5.74) is 6.57. The van der Waals surface area contributed by atoms with Crippen molar-refractivity contribution < 1.29 is 4.79 Å². The predicted octanol–water partition coefficient (Wildman–Crippen LogP) is 4.08. The molecule has 0 spiro atoms. The topological polar surface area (TPSA) is 68.0 Å². The summed E-state index contributed by atoms with van der Waals surface area (Å²) in [5, 5.41) is 3.82. The van der Waals surface area contributed by atoms with Gasteiger partial charge in [0.25, 0.3) is 5.91 Å². The number of fused-ring (bicyclic) bond motifs is 1. The number of aromatic nitrogens is 1. The van der Waals surface area contributed by atoms with Gasteiger partial charge < -0.3 is 11.1 Å². The normalized spacial score (nSPS) is 12.5. The Balaban J connectivity index is 1.85. The third-order valence-electron chi connectivity index (χ3n) is 3.11. The smallest absolute Gasteiger partial charge is 0.264 e. The SMILES string of the molecule is CC(NC(=O)c1sc2cnccc2c1N)c1ccc(Cl)s1. The van der Waals surface area contributed by atoms with Crippen molar-refractivity contribution in [3.8, 4) is 0 Å². The van der Waals surface area contributed by atoms with Gasteiger partial charge in [-0.05, 0) is 25.1 Å². The number of thiophene rings is 2. The second kappa shape index (κ2) is 5.63. The molecule has 0 aliphatic heterocycles. The molecule has 0 aliphatic carbocycles. The lowest BCUT2D eigenvalue weighted by molar-refractivity contribution is 0.0945. The van der Waals surface area contributed by atoms with Crippen molar-refractivity contribution in [3.63, 3.8) is 0 Å². The minimum Gasteiger partial charge on any atom is -0.397 e. The molecule has 3 aromatic rings. The van der Waals surface area contributed by atoms with Crippen LogP contribution in [-0.2, 0) is 0 Å². The predicted molar refractivity (Wildman–Crippen MR) is 89.2 cm³/mol. The Morgan fingerprint density at radius 1 is 1.38 bits per heavy atom. The molecule has 7 heteroatoms. The number of hydrogen-bond donors (Lipinski definition) is 2. The molecule has 0 bridgehead atoms. The number of nitrogen functional groups attached to an aromatic ring is 1. The van der Waals surface area contributed by atoms with Gasteiger partial charge >= 0.3 is 0 Å². The largest absolute Gasteiger partial charge is 0.397 e. The summed E-state index contributed by atoms with van der Waals surface area (Å²) >= 11 is 8.72. The van der Waals surface area contributed by atoms with Crippen molar-refractivity contribution in [1.29, 1.82) is 0 Å². The minimum absolute atomic E-state index is 0.113. The lowest BCUT2D eigenvalue weighted by Crippen LogP contribution is -2.25. The number of pyridine rings is 1. The van der Waals surface area contributed by atoms with E-state index in [9.17, 15) is 4.79 Å². The number of carbonyl (C=O) groups is 1. The Bertz CT molecular complexity index is 812. The van der Waals surface area contributed by atoms with Crippen molar-refractivity contribution in [2.75, 3.05) is 5.73 Å². The Morgan fingerprint density at radius 2 is 2.19 bits per heavy atom. The number of hydrogen-bond acceptors (Lipinski definition) is 5. The van der Waals surface area contributed by atoms with Gasteiger partial charge in [0.2, 0.25) is 0 Å². The molecule has 0 aromatic carbocycles. The summed E-state index contributed by atoms with van der Waals surface area (Å²) in [6.45, 7) is 1.92. The maximum Gasteiger partial charge on any atom is 0.264 e. The van der Waals surface area contributed by atoms with Crippen LogP contribution in [0.3, 0.4) is 0 Å². The van der Waals surface area contributed by atoms with E-state index in [1.165, 1.54) is 22.7 Å². The molecular formula is C14H12ClN3OS2. The number of amides is 1. The third-order valence-corrected chi connectivity index (χ3v) is 5.67. The number of rotatable bonds is 3. The van der Waals surface area contributed by atoms with Crippen LogP contribution in [0.15, 0.2) is 30.6 Å². The van der Waals surface area contributed by atoms with E-state index in [-0.39, 0.29) is 11.9 Å². The zero-order chi connectivity index (χ0) is 15.0. The van der Waals surface area contributed by atoms with Crippen molar-refractivity contribution in [2.24, 2.45) is 0 Å². The van der Waals surface area contributed by atoms with Crippen molar-refractivity contribution in [1.82, 2.24) is 10.3 Å². The van der Waals surface area contributed by atoms with Crippen LogP contribution in [0.5, 0.6) is 0 Å². The second-order valence-corrected chi connectivity index (χ2v) is 7.35. The lowest BCUT2D eigenvalue weighted by Gasteiger charge is -2.11. The van der Waals surface area contributed by atoms with Gasteiger partial charge in [-0.1, -0.05) is 11.6 Å². The molecule has 21 heavy (non-hydrogen) atoms. The first-order valence-electron chi connectivity index (χ1n) is 6.24. The van der Waals surface area contributed by atoms with Crippen LogP contribution < -0.4 is 11.1 Å². The molecule has 0 saturated heterocycles. The van der Waals surface area contributed by atoms with Gasteiger partial charge in [-0.25, -0.2) is 0 Å². The molecule has 3 N–H and O–H groups in total. The van der Waals surface area contributed by atoms with Crippen molar-refractivity contribution >= 4 is 56.0 Å². The highest BCUT2D eigenvalue weighted by molar-refractivity contribution is 7.21. The van der Waals surface area contributed by atoms with Crippen LogP contribution in [-0.4, -0.2) is 10.9 Å². The third kappa shape index (κ3) is 2.74. The molecule has 1 amide bonds. The monoisotopic (exact) mass is 337 g/mol. The Morgan fingerprint density at radius 3 is 2.86 bits per heavy atom. The van der Waals surface area contributed by atoms with E-state index in [1.54, 1.807) is 12.4 Å². The highest BCUT2D eigenvalue weighted by Crippen LogP contribution is 2.33. The highest BCUT2D eigenvalue weighted by atomic mass is 35.5. The van der Waals surface area contributed by atoms with Crippen LogP contribution in [0.2, 0.25) is 4.34 Å². The zero-order valence-electron chi connectivity index (χ0n) is 11.1. The highest BCUT2D eigenvalue weighted by Gasteiger charge is 2.19. The van der Waals surface area contributed by atoms with E-state index in [4.69, 9.17) is 17.3 Å². The van der Waals surface area contributed by atoms with Gasteiger partial charge in [-0.3, -0.25) is 9.78 Å². The van der Waals surface area contributed by atoms with E-state index in [2.05, 4.69) is 10.3 Å². The maximum absolute atomic E-state index is 12.4. The number of halogens is 1. The summed E-state index contributed by atoms with van der Waals surface area (Å²) in [5.74, 6) is -0.175. The maximum atomic E-state index is 12.4. The van der Waals surface area contributed by atoms with E-state index < -0.39 is 0 Å². The Hall–Kier alpha value is -1.63. The van der Waals surface area contributed by atoms with Crippen LogP contribution in [0.4, 0.5) is 5.69 Å². The molecule has 0 saturated carbocycles. The van der Waals surface area contributed by atoms with Gasteiger partial charge in [0.05, 0.1) is 20.8 Å². The number of carbonyl (C=O) groups excluding carboxylic acids is 1. The molecular weight excluding hydrogens is 326 g/mol. The van der Waals surface area contributed by atoms with Crippen LogP contribution in [0, 0.1) is 0 Å². The fraction of sp³-hybridized carbons (Fsp3) is 0.143. The van der Waals surface area contributed by atoms with Gasteiger partial charge in [-0.15, -0.1) is 22.7 Å². The van der Waals surface area contributed by atoms with Crippen LogP contribution in [0.1, 0.15) is 27.5 Å². The van der Waals surface area contributed by atoms with Gasteiger partial charge in [0, 0.05) is 22.7 Å². The van der Waals surface area contributed by atoms with E-state index in [0.29, 0.717) is 14.9 Å². The average Bonchev–Trinajstić information content (AvgIpc) is 3.04. The molecule has 3 aromatic heterocycles. The first kappa shape index (κ1) is 14.3. The molecule has 3 heterocycles. The number of nitrogens with zero attached hydrogens (tertiary/aromatic N) is 1. The quantitative estimate of drug-likeness (QED) is 0.756. The molecule has 3 rings (SSSR count). The fourth-order valence-corrected chi connectivity index (χ4v) is 4.09. The molecule has 108 valence electrons. The summed E-state index contributed by atoms with van der Waals surface area (Å²) in [6, 6.07) is 5.44. The van der Waals surface area contributed by atoms with Crippen molar-refractivity contribution in [2.45, 2.75) is 13.0 Å². The van der Waals surface area contributed by atoms with Gasteiger partial charge in [-0.2, -0.15) is 0 Å². The first-order valence-corrected chi connectivity index (χ1v) is 8.25. The molecule has 1 unspecified atom stereocenters. The van der Waals surface area contributed by atoms with Crippen LogP contribution in [0.25, 0.3) is 10.1 Å². The second-order valence-electron chi connectivity index (χ2n) is 4.55. The number of nitrogens with one attached hydrogen (secondary N) is 1. The van der Waals surface area contributed by atoms with Crippen molar-refractivity contribution in [3.05, 3.63) is 44.7 Å². The van der Waals surface area contributed by atoms with Crippen LogP contribution >= 0.6 is 34.3 Å². The lowest BCUT2D eigenvalue weighted by atomic mass is 10.2. The standard InChI is InChI=1S/C14H12ClN3OS2/c1-7(9-2-3-11(15)20-9)18-14(19)13-12(16)8-4-5-17-6-10(8)21-13/h2-7H,16H2,1H3,(H,18,19). The first-order chi connectivity index (χ1) is 10.1. The zero-order valence-corrected chi connectivity index (χ0v) is 13.5. The van der Waals surface area contributed by atoms with Gasteiger partial charge in [0.1, 0.15) is 4.88 Å². The van der Waals surface area contributed by atoms with E-state index >= 15 is 0 Å². The summed E-state index contributed by atoms with van der Waals surface area (Å²) < 4.78 is 1.62. The number of anilines is 1.